The van der Waals surface area contributed by atoms with Crippen molar-refractivity contribution >= 4 is 29.9 Å². The summed E-state index contributed by atoms with van der Waals surface area (Å²) in [6, 6.07) is 7.73. The van der Waals surface area contributed by atoms with Crippen molar-refractivity contribution in [1.82, 2.24) is 14.7 Å². The lowest BCUT2D eigenvalue weighted by atomic mass is 10.0. The Kier molecular flexibility index (Phi) is 6.72. The number of rotatable bonds is 4. The van der Waals surface area contributed by atoms with Crippen molar-refractivity contribution in [2.75, 3.05) is 13.1 Å². The van der Waals surface area contributed by atoms with E-state index in [1.165, 1.54) is 0 Å². The number of likely N-dealkylation sites (tertiary alicyclic amines) is 1. The Morgan fingerprint density at radius 2 is 2.15 bits per heavy atom. The highest BCUT2D eigenvalue weighted by Crippen LogP contribution is 2.29. The van der Waals surface area contributed by atoms with Crippen molar-refractivity contribution in [2.24, 2.45) is 11.7 Å². The third kappa shape index (κ3) is 3.90. The van der Waals surface area contributed by atoms with Gasteiger partial charge in [-0.05, 0) is 49.9 Å². The maximum Gasteiger partial charge on any atom is 0.257 e. The smallest absolute Gasteiger partial charge is 0.257 e. The van der Waals surface area contributed by atoms with E-state index < -0.39 is 0 Å². The van der Waals surface area contributed by atoms with Gasteiger partial charge in [-0.3, -0.25) is 4.79 Å². The zero-order chi connectivity index (χ0) is 18.1. The highest BCUT2D eigenvalue weighted by molar-refractivity contribution is 6.30. The Morgan fingerprint density at radius 1 is 1.42 bits per heavy atom. The van der Waals surface area contributed by atoms with E-state index in [0.717, 1.165) is 24.3 Å². The number of benzene rings is 1. The highest BCUT2D eigenvalue weighted by atomic mass is 35.5. The lowest BCUT2D eigenvalue weighted by Gasteiger charge is -2.22. The van der Waals surface area contributed by atoms with E-state index in [2.05, 4.69) is 25.9 Å². The Balaban J connectivity index is 0.00000243. The molecule has 5 nitrogen and oxygen atoms in total. The molecule has 1 aromatic carbocycles. The van der Waals surface area contributed by atoms with E-state index >= 15 is 0 Å². The minimum atomic E-state index is 0. The largest absolute Gasteiger partial charge is 0.335 e. The predicted molar refractivity (Wildman–Crippen MR) is 108 cm³/mol. The number of carbonyl (C=O) groups is 1. The third-order valence-electron chi connectivity index (χ3n) is 4.89. The molecule has 2 N–H and O–H groups in total. The number of amides is 1. The molecule has 0 spiro atoms. The van der Waals surface area contributed by atoms with Gasteiger partial charge in [0.2, 0.25) is 0 Å². The van der Waals surface area contributed by atoms with Gasteiger partial charge < -0.3 is 10.6 Å². The van der Waals surface area contributed by atoms with E-state index in [1.54, 1.807) is 6.20 Å². The first kappa shape index (κ1) is 20.7. The molecule has 7 heteroatoms. The molecule has 1 aliphatic heterocycles. The Bertz CT molecular complexity index is 775. The lowest BCUT2D eigenvalue weighted by molar-refractivity contribution is 0.0742. The zero-order valence-corrected chi connectivity index (χ0v) is 16.9. The summed E-state index contributed by atoms with van der Waals surface area (Å²) in [6.45, 7) is 7.57. The van der Waals surface area contributed by atoms with Crippen LogP contribution in [0.25, 0.3) is 5.69 Å². The molecule has 2 unspecified atom stereocenters. The summed E-state index contributed by atoms with van der Waals surface area (Å²) in [5.74, 6) is 0.577. The molecule has 0 bridgehead atoms. The standard InChI is InChI=1S/C19H25ClN4O.ClH/c1-12(2)18-17(19(25)23-11-14(9-21)7-13(23)3)10-22-24(18)16-6-4-5-15(20)8-16;/h4-6,8,10,12-14H,7,9,11,21H2,1-3H3;1H. The van der Waals surface area contributed by atoms with E-state index in [1.807, 2.05) is 33.8 Å². The Morgan fingerprint density at radius 3 is 2.73 bits per heavy atom. The average Bonchev–Trinajstić information content (AvgIpc) is 3.18. The monoisotopic (exact) mass is 396 g/mol. The molecule has 3 rings (SSSR count). The average molecular weight is 397 g/mol. The molecule has 26 heavy (non-hydrogen) atoms. The molecule has 1 aliphatic rings. The van der Waals surface area contributed by atoms with Crippen LogP contribution in [0, 0.1) is 5.92 Å². The number of carbonyl (C=O) groups excluding carboxylic acids is 1. The van der Waals surface area contributed by atoms with Gasteiger partial charge in [-0.25, -0.2) is 4.68 Å². The van der Waals surface area contributed by atoms with Crippen LogP contribution in [0.3, 0.4) is 0 Å². The van der Waals surface area contributed by atoms with Gasteiger partial charge in [-0.1, -0.05) is 31.5 Å². The summed E-state index contributed by atoms with van der Waals surface area (Å²) < 4.78 is 1.82. The highest BCUT2D eigenvalue weighted by Gasteiger charge is 2.34. The van der Waals surface area contributed by atoms with Gasteiger partial charge in [-0.15, -0.1) is 12.4 Å². The maximum absolute atomic E-state index is 13.2. The van der Waals surface area contributed by atoms with Gasteiger partial charge >= 0.3 is 0 Å². The molecule has 1 fully saturated rings. The van der Waals surface area contributed by atoms with E-state index in [0.29, 0.717) is 23.0 Å². The van der Waals surface area contributed by atoms with Crippen molar-refractivity contribution < 1.29 is 4.79 Å². The SMILES string of the molecule is CC(C)c1c(C(=O)N2CC(CN)CC2C)cnn1-c1cccc(Cl)c1.Cl. The van der Waals surface area contributed by atoms with Crippen molar-refractivity contribution in [3.05, 3.63) is 46.7 Å². The summed E-state index contributed by atoms with van der Waals surface area (Å²) in [4.78, 5) is 15.1. The zero-order valence-electron chi connectivity index (χ0n) is 15.4. The number of nitrogens with two attached hydrogens (primary N) is 1. The van der Waals surface area contributed by atoms with Crippen molar-refractivity contribution in [3.63, 3.8) is 0 Å². The van der Waals surface area contributed by atoms with E-state index in [4.69, 9.17) is 17.3 Å². The number of aromatic nitrogens is 2. The number of hydrogen-bond acceptors (Lipinski definition) is 3. The van der Waals surface area contributed by atoms with Crippen LogP contribution >= 0.6 is 24.0 Å². The summed E-state index contributed by atoms with van der Waals surface area (Å²) in [5.41, 5.74) is 8.25. The van der Waals surface area contributed by atoms with Crippen LogP contribution in [0.4, 0.5) is 0 Å². The molecule has 1 amide bonds. The number of halogens is 2. The molecule has 2 atom stereocenters. The van der Waals surface area contributed by atoms with Crippen LogP contribution in [0.2, 0.25) is 5.02 Å². The summed E-state index contributed by atoms with van der Waals surface area (Å²) >= 11 is 6.12. The van der Waals surface area contributed by atoms with Gasteiger partial charge in [0.05, 0.1) is 23.1 Å². The fraction of sp³-hybridized carbons (Fsp3) is 0.474. The molecular formula is C19H26Cl2N4O. The fourth-order valence-corrected chi connectivity index (χ4v) is 3.83. The first-order chi connectivity index (χ1) is 11.9. The number of hydrogen-bond donors (Lipinski definition) is 1. The van der Waals surface area contributed by atoms with Crippen LogP contribution in [-0.2, 0) is 0 Å². The normalized spacial score (nSPS) is 19.7. The van der Waals surface area contributed by atoms with Crippen LogP contribution in [0.15, 0.2) is 30.5 Å². The summed E-state index contributed by atoms with van der Waals surface area (Å²) in [7, 11) is 0. The number of nitrogens with zero attached hydrogens (tertiary/aromatic N) is 3. The topological polar surface area (TPSA) is 64.2 Å². The van der Waals surface area contributed by atoms with Gasteiger partial charge in [-0.2, -0.15) is 5.10 Å². The molecule has 1 aromatic heterocycles. The molecule has 0 saturated carbocycles. The molecule has 2 heterocycles. The Labute approximate surface area is 165 Å². The van der Waals surface area contributed by atoms with Crippen LogP contribution in [-0.4, -0.2) is 39.7 Å². The maximum atomic E-state index is 13.2. The molecule has 0 radical (unpaired) electrons. The first-order valence-corrected chi connectivity index (χ1v) is 9.15. The third-order valence-corrected chi connectivity index (χ3v) is 5.13. The van der Waals surface area contributed by atoms with Crippen molar-refractivity contribution in [2.45, 2.75) is 39.2 Å². The minimum absolute atomic E-state index is 0. The molecule has 142 valence electrons. The second kappa shape index (κ2) is 8.42. The summed E-state index contributed by atoms with van der Waals surface area (Å²) in [5, 5.41) is 5.14. The quantitative estimate of drug-likeness (QED) is 0.852. The fourth-order valence-electron chi connectivity index (χ4n) is 3.64. The predicted octanol–water partition coefficient (Wildman–Crippen LogP) is 3.88. The van der Waals surface area contributed by atoms with Crippen molar-refractivity contribution in [3.8, 4) is 5.69 Å². The van der Waals surface area contributed by atoms with Crippen LogP contribution in [0.5, 0.6) is 0 Å². The Hall–Kier alpha value is -1.56. The van der Waals surface area contributed by atoms with E-state index in [9.17, 15) is 4.79 Å². The minimum Gasteiger partial charge on any atom is -0.335 e. The molecule has 2 aromatic rings. The molecular weight excluding hydrogens is 371 g/mol. The summed E-state index contributed by atoms with van der Waals surface area (Å²) in [6.07, 6.45) is 2.64. The first-order valence-electron chi connectivity index (χ1n) is 8.77. The molecule has 1 saturated heterocycles. The lowest BCUT2D eigenvalue weighted by Crippen LogP contribution is -2.35. The second-order valence-corrected chi connectivity index (χ2v) is 7.57. The molecule has 0 aliphatic carbocycles. The van der Waals surface area contributed by atoms with Crippen molar-refractivity contribution in [1.29, 1.82) is 0 Å². The van der Waals surface area contributed by atoms with Gasteiger partial charge in [0, 0.05) is 17.6 Å². The van der Waals surface area contributed by atoms with E-state index in [-0.39, 0.29) is 30.3 Å². The van der Waals surface area contributed by atoms with Gasteiger partial charge in [0.25, 0.3) is 5.91 Å². The van der Waals surface area contributed by atoms with Crippen LogP contribution in [0.1, 0.15) is 49.2 Å². The van der Waals surface area contributed by atoms with Gasteiger partial charge in [0.15, 0.2) is 0 Å². The van der Waals surface area contributed by atoms with Gasteiger partial charge in [0.1, 0.15) is 0 Å². The second-order valence-electron chi connectivity index (χ2n) is 7.13. The van der Waals surface area contributed by atoms with Crippen LogP contribution < -0.4 is 5.73 Å².